The van der Waals surface area contributed by atoms with Crippen molar-refractivity contribution in [2.45, 2.75) is 11.7 Å². The Morgan fingerprint density at radius 1 is 1.39 bits per heavy atom. The van der Waals surface area contributed by atoms with Crippen molar-refractivity contribution in [2.24, 2.45) is 5.92 Å². The molecular weight excluding hydrogens is 320 g/mol. The molecule has 2 heterocycles. The Morgan fingerprint density at radius 2 is 2.17 bits per heavy atom. The van der Waals surface area contributed by atoms with Gasteiger partial charge in [0.15, 0.2) is 5.16 Å². The summed E-state index contributed by atoms with van der Waals surface area (Å²) < 4.78 is 1.44. The summed E-state index contributed by atoms with van der Waals surface area (Å²) >= 11 is 1.32. The highest BCUT2D eigenvalue weighted by Crippen LogP contribution is 2.27. The van der Waals surface area contributed by atoms with Crippen molar-refractivity contribution in [3.05, 3.63) is 57.0 Å². The molecule has 23 heavy (non-hydrogen) atoms. The van der Waals surface area contributed by atoms with Gasteiger partial charge in [-0.1, -0.05) is 23.9 Å². The summed E-state index contributed by atoms with van der Waals surface area (Å²) in [5.41, 5.74) is -0.230. The fourth-order valence-corrected chi connectivity index (χ4v) is 3.34. The fourth-order valence-electron chi connectivity index (χ4n) is 2.28. The number of hydrogen-bond acceptors (Lipinski definition) is 6. The van der Waals surface area contributed by atoms with Crippen LogP contribution in [-0.2, 0) is 11.3 Å². The van der Waals surface area contributed by atoms with Crippen LogP contribution in [0.25, 0.3) is 0 Å². The molecular formula is C14H12N4O4S. The molecule has 3 rings (SSSR count). The maximum atomic E-state index is 12.4. The third-order valence-corrected chi connectivity index (χ3v) is 4.60. The van der Waals surface area contributed by atoms with Crippen molar-refractivity contribution in [1.82, 2.24) is 9.55 Å². The molecule has 0 aliphatic carbocycles. The van der Waals surface area contributed by atoms with Crippen molar-refractivity contribution in [3.63, 3.8) is 0 Å². The van der Waals surface area contributed by atoms with Gasteiger partial charge in [0.25, 0.3) is 11.2 Å². The first-order valence-electron chi connectivity index (χ1n) is 6.79. The maximum Gasteiger partial charge on any atom is 0.292 e. The van der Waals surface area contributed by atoms with Gasteiger partial charge in [-0.2, -0.15) is 0 Å². The number of thioether (sulfide) groups is 1. The topological polar surface area (TPSA) is 107 Å². The Kier molecular flexibility index (Phi) is 4.11. The minimum Gasteiger partial charge on any atom is -0.320 e. The van der Waals surface area contributed by atoms with E-state index in [2.05, 4.69) is 10.3 Å². The van der Waals surface area contributed by atoms with Crippen molar-refractivity contribution < 1.29 is 9.72 Å². The molecule has 0 fully saturated rings. The largest absolute Gasteiger partial charge is 0.320 e. The normalized spacial score (nSPS) is 16.4. The molecule has 1 aliphatic rings. The number of carbonyl (C=O) groups is 1. The first kappa shape index (κ1) is 15.2. The van der Waals surface area contributed by atoms with Crippen LogP contribution in [0.1, 0.15) is 0 Å². The number of nitrogens with zero attached hydrogens (tertiary/aromatic N) is 3. The van der Waals surface area contributed by atoms with E-state index < -0.39 is 10.8 Å². The van der Waals surface area contributed by atoms with Crippen LogP contribution in [0.4, 0.5) is 11.4 Å². The van der Waals surface area contributed by atoms with Crippen LogP contribution in [0.5, 0.6) is 0 Å². The number of hydrogen-bond donors (Lipinski definition) is 1. The smallest absolute Gasteiger partial charge is 0.292 e. The number of anilines is 1. The lowest BCUT2D eigenvalue weighted by Crippen LogP contribution is -2.36. The third-order valence-electron chi connectivity index (χ3n) is 3.45. The predicted octanol–water partition coefficient (Wildman–Crippen LogP) is 1.51. The third kappa shape index (κ3) is 3.09. The van der Waals surface area contributed by atoms with E-state index in [0.29, 0.717) is 10.9 Å². The van der Waals surface area contributed by atoms with Crippen molar-refractivity contribution in [1.29, 1.82) is 0 Å². The summed E-state index contributed by atoms with van der Waals surface area (Å²) in [4.78, 5) is 38.7. The number of rotatable bonds is 3. The molecule has 0 bridgehead atoms. The fraction of sp³-hybridized carbons (Fsp3) is 0.214. The molecule has 9 heteroatoms. The van der Waals surface area contributed by atoms with Gasteiger partial charge in [0.2, 0.25) is 5.91 Å². The Hall–Kier alpha value is -2.68. The van der Waals surface area contributed by atoms with Gasteiger partial charge in [-0.15, -0.1) is 0 Å². The first-order chi connectivity index (χ1) is 11.1. The standard InChI is InChI=1S/C14H12N4O4S/c19-12-5-6-15-14-17(12)7-9(8-23-14)13(20)16-10-3-1-2-4-11(10)18(21)22/h1-6,9H,7-8H2,(H,16,20). The maximum absolute atomic E-state index is 12.4. The lowest BCUT2D eigenvalue weighted by atomic mass is 10.1. The number of nitro benzene ring substituents is 1. The number of amides is 1. The second-order valence-electron chi connectivity index (χ2n) is 4.95. The summed E-state index contributed by atoms with van der Waals surface area (Å²) in [6.45, 7) is 0.210. The average Bonchev–Trinajstić information content (AvgIpc) is 2.55. The molecule has 2 aromatic rings. The number of aromatic nitrogens is 2. The summed E-state index contributed by atoms with van der Waals surface area (Å²) in [5, 5.41) is 14.1. The molecule has 118 valence electrons. The number of para-hydroxylation sites is 2. The Morgan fingerprint density at radius 3 is 2.96 bits per heavy atom. The molecule has 1 aliphatic heterocycles. The van der Waals surface area contributed by atoms with Crippen LogP contribution in [0.15, 0.2) is 46.5 Å². The molecule has 1 amide bonds. The molecule has 1 aromatic carbocycles. The molecule has 0 saturated heterocycles. The SMILES string of the molecule is O=C(Nc1ccccc1[N+](=O)[O-])C1CSc2nccc(=O)n2C1. The molecule has 1 N–H and O–H groups in total. The van der Waals surface area contributed by atoms with Gasteiger partial charge in [0.1, 0.15) is 5.69 Å². The number of nitro groups is 1. The summed E-state index contributed by atoms with van der Waals surface area (Å²) in [7, 11) is 0. The first-order valence-corrected chi connectivity index (χ1v) is 7.78. The second kappa shape index (κ2) is 6.21. The van der Waals surface area contributed by atoms with E-state index in [4.69, 9.17) is 0 Å². The van der Waals surface area contributed by atoms with E-state index >= 15 is 0 Å². The Labute approximate surface area is 134 Å². The van der Waals surface area contributed by atoms with Gasteiger partial charge in [-0.25, -0.2) is 4.98 Å². The van der Waals surface area contributed by atoms with Gasteiger partial charge in [-0.05, 0) is 6.07 Å². The number of carbonyl (C=O) groups excluding carboxylic acids is 1. The quantitative estimate of drug-likeness (QED) is 0.519. The van der Waals surface area contributed by atoms with E-state index in [-0.39, 0.29) is 29.4 Å². The number of benzene rings is 1. The van der Waals surface area contributed by atoms with E-state index in [1.807, 2.05) is 0 Å². The number of fused-ring (bicyclic) bond motifs is 1. The minimum atomic E-state index is -0.547. The highest BCUT2D eigenvalue weighted by atomic mass is 32.2. The highest BCUT2D eigenvalue weighted by Gasteiger charge is 2.27. The molecule has 1 aromatic heterocycles. The van der Waals surface area contributed by atoms with E-state index in [1.54, 1.807) is 6.07 Å². The van der Waals surface area contributed by atoms with Gasteiger partial charge >= 0.3 is 0 Å². The van der Waals surface area contributed by atoms with Gasteiger partial charge in [0, 0.05) is 30.6 Å². The van der Waals surface area contributed by atoms with Gasteiger partial charge in [0.05, 0.1) is 10.8 Å². The Balaban J connectivity index is 1.79. The van der Waals surface area contributed by atoms with E-state index in [0.717, 1.165) is 0 Å². The predicted molar refractivity (Wildman–Crippen MR) is 84.4 cm³/mol. The van der Waals surface area contributed by atoms with Gasteiger partial charge < -0.3 is 5.32 Å². The monoisotopic (exact) mass is 332 g/mol. The van der Waals surface area contributed by atoms with Crippen molar-refractivity contribution in [3.8, 4) is 0 Å². The van der Waals surface area contributed by atoms with E-state index in [1.165, 1.54) is 46.8 Å². The van der Waals surface area contributed by atoms with Crippen molar-refractivity contribution >= 4 is 29.0 Å². The zero-order chi connectivity index (χ0) is 16.4. The zero-order valence-electron chi connectivity index (χ0n) is 11.8. The Bertz CT molecular complexity index is 836. The highest BCUT2D eigenvalue weighted by molar-refractivity contribution is 7.99. The zero-order valence-corrected chi connectivity index (χ0v) is 12.7. The lowest BCUT2D eigenvalue weighted by molar-refractivity contribution is -0.383. The lowest BCUT2D eigenvalue weighted by Gasteiger charge is -2.23. The van der Waals surface area contributed by atoms with E-state index in [9.17, 15) is 19.7 Å². The summed E-state index contributed by atoms with van der Waals surface area (Å²) in [6.07, 6.45) is 1.44. The molecule has 8 nitrogen and oxygen atoms in total. The molecule has 1 atom stereocenters. The van der Waals surface area contributed by atoms with Crippen LogP contribution in [0.2, 0.25) is 0 Å². The van der Waals surface area contributed by atoms with Crippen LogP contribution < -0.4 is 10.9 Å². The minimum absolute atomic E-state index is 0.150. The van der Waals surface area contributed by atoms with Crippen LogP contribution in [-0.4, -0.2) is 26.1 Å². The van der Waals surface area contributed by atoms with Gasteiger partial charge in [-0.3, -0.25) is 24.3 Å². The molecule has 1 unspecified atom stereocenters. The second-order valence-corrected chi connectivity index (χ2v) is 5.93. The van der Waals surface area contributed by atoms with Crippen LogP contribution in [0, 0.1) is 16.0 Å². The molecule has 0 spiro atoms. The van der Waals surface area contributed by atoms with Crippen LogP contribution >= 0.6 is 11.8 Å². The summed E-state index contributed by atoms with van der Waals surface area (Å²) in [5.74, 6) is -0.356. The molecule has 0 radical (unpaired) electrons. The average molecular weight is 332 g/mol. The molecule has 0 saturated carbocycles. The summed E-state index contributed by atoms with van der Waals surface area (Å²) in [6, 6.07) is 7.29. The van der Waals surface area contributed by atoms with Crippen LogP contribution in [0.3, 0.4) is 0 Å². The van der Waals surface area contributed by atoms with Crippen molar-refractivity contribution in [2.75, 3.05) is 11.1 Å². The number of nitrogens with one attached hydrogen (secondary N) is 1.